The summed E-state index contributed by atoms with van der Waals surface area (Å²) in [7, 11) is 0. The molecule has 10 nitrogen and oxygen atoms in total. The lowest BCUT2D eigenvalue weighted by Gasteiger charge is -2.56. The molecule has 2 saturated heterocycles. The minimum Gasteiger partial charge on any atom is -0.464 e. The minimum absolute atomic E-state index is 0.0388. The van der Waals surface area contributed by atoms with E-state index in [-0.39, 0.29) is 13.2 Å². The van der Waals surface area contributed by atoms with Crippen LogP contribution in [0.3, 0.4) is 0 Å². The summed E-state index contributed by atoms with van der Waals surface area (Å²) in [4.78, 5) is 43.6. The highest BCUT2D eigenvalue weighted by Gasteiger charge is 2.57. The molecular formula is C25H35NO9. The van der Waals surface area contributed by atoms with Crippen LogP contribution < -0.4 is 0 Å². The average Bonchev–Trinajstić information content (AvgIpc) is 3.22. The third-order valence-electron chi connectivity index (χ3n) is 5.82. The molecule has 2 heterocycles. The Bertz CT molecular complexity index is 873. The second kappa shape index (κ2) is 11.0. The van der Waals surface area contributed by atoms with E-state index in [9.17, 15) is 14.4 Å². The van der Waals surface area contributed by atoms with Crippen molar-refractivity contribution in [3.05, 3.63) is 35.9 Å². The zero-order chi connectivity index (χ0) is 25.7. The van der Waals surface area contributed by atoms with Gasteiger partial charge in [-0.1, -0.05) is 30.3 Å². The number of hydrogen-bond donors (Lipinski definition) is 0. The van der Waals surface area contributed by atoms with E-state index in [0.29, 0.717) is 26.1 Å². The van der Waals surface area contributed by atoms with Gasteiger partial charge in [0.1, 0.15) is 6.61 Å². The number of rotatable bonds is 9. The molecule has 35 heavy (non-hydrogen) atoms. The standard InChI is InChI=1S/C25H35NO9/c1-6-30-21(28)20(22(29)32-15-19(27)31-14-18-10-8-7-9-11-18)35-26-23(2,3)16-25(17-24(26,4)5)33-12-13-34-25/h7-11,20H,6,12-17H2,1-5H3. The summed E-state index contributed by atoms with van der Waals surface area (Å²) in [6, 6.07) is 9.10. The summed E-state index contributed by atoms with van der Waals surface area (Å²) in [5, 5.41) is 1.60. The Morgan fingerprint density at radius 2 is 1.49 bits per heavy atom. The monoisotopic (exact) mass is 493 g/mol. The highest BCUT2D eigenvalue weighted by Crippen LogP contribution is 2.47. The van der Waals surface area contributed by atoms with E-state index < -0.39 is 47.5 Å². The van der Waals surface area contributed by atoms with Gasteiger partial charge in [-0.15, -0.1) is 0 Å². The Kier molecular flexibility index (Phi) is 8.53. The van der Waals surface area contributed by atoms with Crippen molar-refractivity contribution in [1.29, 1.82) is 0 Å². The number of benzene rings is 1. The van der Waals surface area contributed by atoms with Crippen LogP contribution in [0.25, 0.3) is 0 Å². The molecule has 0 saturated carbocycles. The second-order valence-corrected chi connectivity index (χ2v) is 9.87. The molecule has 1 spiro atoms. The summed E-state index contributed by atoms with van der Waals surface area (Å²) in [6.45, 7) is 9.70. The number of carbonyl (C=O) groups excluding carboxylic acids is 3. The lowest BCUT2D eigenvalue weighted by molar-refractivity contribution is -0.344. The van der Waals surface area contributed by atoms with Gasteiger partial charge in [-0.25, -0.2) is 14.4 Å². The first-order chi connectivity index (χ1) is 16.5. The molecule has 0 radical (unpaired) electrons. The molecule has 1 aromatic carbocycles. The average molecular weight is 494 g/mol. The van der Waals surface area contributed by atoms with Crippen LogP contribution >= 0.6 is 0 Å². The van der Waals surface area contributed by atoms with Crippen LogP contribution in [-0.2, 0) is 49.5 Å². The third kappa shape index (κ3) is 6.78. The Labute approximate surface area is 205 Å². The Morgan fingerprint density at radius 1 is 0.914 bits per heavy atom. The Hall–Kier alpha value is -2.53. The van der Waals surface area contributed by atoms with Gasteiger partial charge in [-0.05, 0) is 40.2 Å². The first-order valence-electron chi connectivity index (χ1n) is 11.8. The van der Waals surface area contributed by atoms with Gasteiger partial charge >= 0.3 is 17.9 Å². The molecule has 0 aliphatic carbocycles. The van der Waals surface area contributed by atoms with Crippen LogP contribution in [0.2, 0.25) is 0 Å². The van der Waals surface area contributed by atoms with E-state index in [1.807, 2.05) is 45.9 Å². The number of esters is 3. The van der Waals surface area contributed by atoms with Crippen LogP contribution in [-0.4, -0.2) is 72.4 Å². The van der Waals surface area contributed by atoms with Crippen molar-refractivity contribution in [3.63, 3.8) is 0 Å². The van der Waals surface area contributed by atoms with E-state index >= 15 is 0 Å². The number of hydrogen-bond acceptors (Lipinski definition) is 10. The lowest BCUT2D eigenvalue weighted by Crippen LogP contribution is -2.67. The predicted molar refractivity (Wildman–Crippen MR) is 123 cm³/mol. The normalized spacial score (nSPS) is 21.3. The zero-order valence-electron chi connectivity index (χ0n) is 21.0. The maximum atomic E-state index is 12.9. The van der Waals surface area contributed by atoms with Gasteiger partial charge in [-0.2, -0.15) is 5.06 Å². The van der Waals surface area contributed by atoms with Crippen LogP contribution in [0, 0.1) is 0 Å². The molecule has 1 atom stereocenters. The molecule has 2 fully saturated rings. The summed E-state index contributed by atoms with van der Waals surface area (Å²) >= 11 is 0. The van der Waals surface area contributed by atoms with E-state index in [1.54, 1.807) is 24.1 Å². The van der Waals surface area contributed by atoms with Crippen LogP contribution in [0.5, 0.6) is 0 Å². The highest BCUT2D eigenvalue weighted by atomic mass is 16.7. The smallest absolute Gasteiger partial charge is 0.349 e. The van der Waals surface area contributed by atoms with Gasteiger partial charge in [0.15, 0.2) is 12.4 Å². The largest absolute Gasteiger partial charge is 0.464 e. The topological polar surface area (TPSA) is 110 Å². The predicted octanol–water partition coefficient (Wildman–Crippen LogP) is 2.53. The van der Waals surface area contributed by atoms with Gasteiger partial charge in [-0.3, -0.25) is 4.84 Å². The van der Waals surface area contributed by atoms with Crippen molar-refractivity contribution < 1.29 is 42.9 Å². The molecule has 2 aliphatic heterocycles. The molecule has 0 aromatic heterocycles. The first kappa shape index (κ1) is 27.1. The molecular weight excluding hydrogens is 458 g/mol. The number of hydroxylamine groups is 2. The van der Waals surface area contributed by atoms with Gasteiger partial charge < -0.3 is 23.7 Å². The van der Waals surface area contributed by atoms with Crippen LogP contribution in [0.1, 0.15) is 53.0 Å². The fourth-order valence-corrected chi connectivity index (χ4v) is 4.82. The van der Waals surface area contributed by atoms with Gasteiger partial charge in [0.25, 0.3) is 6.10 Å². The van der Waals surface area contributed by atoms with E-state index in [4.69, 9.17) is 28.5 Å². The van der Waals surface area contributed by atoms with E-state index in [0.717, 1.165) is 5.56 Å². The number of piperidine rings is 1. The van der Waals surface area contributed by atoms with Crippen molar-refractivity contribution in [2.24, 2.45) is 0 Å². The zero-order valence-corrected chi connectivity index (χ0v) is 21.0. The third-order valence-corrected chi connectivity index (χ3v) is 5.82. The van der Waals surface area contributed by atoms with Gasteiger partial charge in [0, 0.05) is 23.9 Å². The SMILES string of the molecule is CCOC(=O)C(ON1C(C)(C)CC2(CC1(C)C)OCCO2)C(=O)OCC(=O)OCc1ccccc1. The molecule has 0 bridgehead atoms. The molecule has 194 valence electrons. The summed E-state index contributed by atoms with van der Waals surface area (Å²) in [5.74, 6) is -3.45. The van der Waals surface area contributed by atoms with Gasteiger partial charge in [0.2, 0.25) is 0 Å². The lowest BCUT2D eigenvalue weighted by atomic mass is 9.78. The Balaban J connectivity index is 1.66. The fourth-order valence-electron chi connectivity index (χ4n) is 4.82. The number of carbonyl (C=O) groups is 3. The minimum atomic E-state index is -1.71. The van der Waals surface area contributed by atoms with Crippen molar-refractivity contribution in [2.45, 2.75) is 77.0 Å². The Morgan fingerprint density at radius 3 is 2.06 bits per heavy atom. The summed E-state index contributed by atoms with van der Waals surface area (Å²) in [6.07, 6.45) is -0.797. The van der Waals surface area contributed by atoms with Crippen LogP contribution in [0.15, 0.2) is 30.3 Å². The van der Waals surface area contributed by atoms with Crippen molar-refractivity contribution in [1.82, 2.24) is 5.06 Å². The summed E-state index contributed by atoms with van der Waals surface area (Å²) < 4.78 is 27.1. The second-order valence-electron chi connectivity index (χ2n) is 9.87. The van der Waals surface area contributed by atoms with E-state index in [1.165, 1.54) is 0 Å². The van der Waals surface area contributed by atoms with Crippen LogP contribution in [0.4, 0.5) is 0 Å². The maximum Gasteiger partial charge on any atom is 0.349 e. The summed E-state index contributed by atoms with van der Waals surface area (Å²) in [5.41, 5.74) is -0.556. The molecule has 1 aromatic rings. The molecule has 0 N–H and O–H groups in total. The molecule has 2 aliphatic rings. The van der Waals surface area contributed by atoms with Crippen molar-refractivity contribution >= 4 is 17.9 Å². The van der Waals surface area contributed by atoms with Crippen molar-refractivity contribution in [2.75, 3.05) is 26.4 Å². The van der Waals surface area contributed by atoms with Crippen molar-refractivity contribution in [3.8, 4) is 0 Å². The highest BCUT2D eigenvalue weighted by molar-refractivity contribution is 5.98. The quantitative estimate of drug-likeness (QED) is 0.289. The first-order valence-corrected chi connectivity index (χ1v) is 11.8. The molecule has 3 rings (SSSR count). The fraction of sp³-hybridized carbons (Fsp3) is 0.640. The molecule has 0 amide bonds. The van der Waals surface area contributed by atoms with E-state index in [2.05, 4.69) is 0 Å². The van der Waals surface area contributed by atoms with Gasteiger partial charge in [0.05, 0.1) is 19.8 Å². The maximum absolute atomic E-state index is 12.9. The number of nitrogens with zero attached hydrogens (tertiary/aromatic N) is 1. The molecule has 1 unspecified atom stereocenters. The number of ether oxygens (including phenoxy) is 5. The molecule has 10 heteroatoms.